The summed E-state index contributed by atoms with van der Waals surface area (Å²) in [4.78, 5) is 0. The molecule has 0 aromatic heterocycles. The van der Waals surface area contributed by atoms with Gasteiger partial charge in [-0.25, -0.2) is 4.18 Å². The molecule has 0 aromatic carbocycles. The Balaban J connectivity index is 3.17. The molecule has 0 aromatic rings. The SMILES string of the molecule is C=CCCCCCOS(=O)(=O)O. The van der Waals surface area contributed by atoms with Crippen molar-refractivity contribution in [1.29, 1.82) is 0 Å². The number of rotatable bonds is 7. The van der Waals surface area contributed by atoms with Gasteiger partial charge in [0.25, 0.3) is 0 Å². The highest BCUT2D eigenvalue weighted by Gasteiger charge is 2.01. The zero-order valence-corrected chi connectivity index (χ0v) is 7.72. The van der Waals surface area contributed by atoms with E-state index >= 15 is 0 Å². The number of hydrogen-bond donors (Lipinski definition) is 1. The minimum Gasteiger partial charge on any atom is -0.264 e. The molecule has 5 heteroatoms. The molecule has 0 unspecified atom stereocenters. The van der Waals surface area contributed by atoms with Gasteiger partial charge in [0.05, 0.1) is 6.61 Å². The quantitative estimate of drug-likeness (QED) is 0.379. The van der Waals surface area contributed by atoms with Crippen LogP contribution in [0, 0.1) is 0 Å². The smallest absolute Gasteiger partial charge is 0.264 e. The van der Waals surface area contributed by atoms with Gasteiger partial charge >= 0.3 is 10.4 Å². The van der Waals surface area contributed by atoms with Gasteiger partial charge in [0.2, 0.25) is 0 Å². The number of allylic oxidation sites excluding steroid dienone is 1. The summed E-state index contributed by atoms with van der Waals surface area (Å²) in [7, 11) is -4.24. The van der Waals surface area contributed by atoms with E-state index in [0.717, 1.165) is 19.3 Å². The lowest BCUT2D eigenvalue weighted by Crippen LogP contribution is -2.04. The van der Waals surface area contributed by atoms with E-state index in [1.165, 1.54) is 0 Å². The molecule has 0 radical (unpaired) electrons. The molecule has 0 spiro atoms. The van der Waals surface area contributed by atoms with Crippen molar-refractivity contribution in [3.63, 3.8) is 0 Å². The fourth-order valence-corrected chi connectivity index (χ4v) is 1.06. The monoisotopic (exact) mass is 194 g/mol. The highest BCUT2D eigenvalue weighted by atomic mass is 32.3. The van der Waals surface area contributed by atoms with Crippen LogP contribution in [0.2, 0.25) is 0 Å². The van der Waals surface area contributed by atoms with E-state index < -0.39 is 10.4 Å². The first-order valence-electron chi connectivity index (χ1n) is 3.79. The molecule has 0 aliphatic carbocycles. The van der Waals surface area contributed by atoms with Crippen LogP contribution in [-0.2, 0) is 14.6 Å². The highest BCUT2D eigenvalue weighted by Crippen LogP contribution is 2.01. The van der Waals surface area contributed by atoms with Gasteiger partial charge in [-0.05, 0) is 19.3 Å². The fraction of sp³-hybridized carbons (Fsp3) is 0.714. The van der Waals surface area contributed by atoms with E-state index in [0.29, 0.717) is 6.42 Å². The average molecular weight is 194 g/mol. The van der Waals surface area contributed by atoms with Gasteiger partial charge in [0.15, 0.2) is 0 Å². The molecule has 12 heavy (non-hydrogen) atoms. The summed E-state index contributed by atoms with van der Waals surface area (Å²) in [6.07, 6.45) is 5.21. The molecule has 0 saturated carbocycles. The van der Waals surface area contributed by atoms with Crippen LogP contribution in [-0.4, -0.2) is 19.6 Å². The van der Waals surface area contributed by atoms with E-state index in [1.807, 2.05) is 6.08 Å². The van der Waals surface area contributed by atoms with Gasteiger partial charge in [0, 0.05) is 0 Å². The lowest BCUT2D eigenvalue weighted by atomic mass is 10.2. The second-order valence-electron chi connectivity index (χ2n) is 2.39. The molecule has 0 fully saturated rings. The fourth-order valence-electron chi connectivity index (χ4n) is 0.732. The van der Waals surface area contributed by atoms with Crippen molar-refractivity contribution in [2.24, 2.45) is 0 Å². The van der Waals surface area contributed by atoms with Crippen LogP contribution in [0.4, 0.5) is 0 Å². The van der Waals surface area contributed by atoms with Crippen LogP contribution in [0.5, 0.6) is 0 Å². The first kappa shape index (κ1) is 11.6. The van der Waals surface area contributed by atoms with Gasteiger partial charge < -0.3 is 0 Å². The Morgan fingerprint density at radius 2 is 2.00 bits per heavy atom. The van der Waals surface area contributed by atoms with Crippen molar-refractivity contribution >= 4 is 10.4 Å². The summed E-state index contributed by atoms with van der Waals surface area (Å²) >= 11 is 0. The van der Waals surface area contributed by atoms with Gasteiger partial charge in [-0.3, -0.25) is 4.55 Å². The van der Waals surface area contributed by atoms with Crippen LogP contribution < -0.4 is 0 Å². The maximum absolute atomic E-state index is 10.0. The van der Waals surface area contributed by atoms with Crippen LogP contribution in [0.1, 0.15) is 25.7 Å². The average Bonchev–Trinajstić information content (AvgIpc) is 1.94. The molecule has 0 aliphatic heterocycles. The summed E-state index contributed by atoms with van der Waals surface area (Å²) in [6, 6.07) is 0. The summed E-state index contributed by atoms with van der Waals surface area (Å²) in [5.41, 5.74) is 0. The van der Waals surface area contributed by atoms with E-state index in [4.69, 9.17) is 4.55 Å². The Kier molecular flexibility index (Phi) is 5.96. The van der Waals surface area contributed by atoms with Crippen molar-refractivity contribution in [2.45, 2.75) is 25.7 Å². The molecule has 1 N–H and O–H groups in total. The van der Waals surface area contributed by atoms with Crippen LogP contribution in [0.3, 0.4) is 0 Å². The molecule has 0 aliphatic rings. The maximum Gasteiger partial charge on any atom is 0.397 e. The zero-order valence-electron chi connectivity index (χ0n) is 6.90. The Morgan fingerprint density at radius 1 is 1.33 bits per heavy atom. The third-order valence-electron chi connectivity index (χ3n) is 1.28. The lowest BCUT2D eigenvalue weighted by Gasteiger charge is -1.98. The van der Waals surface area contributed by atoms with Crippen molar-refractivity contribution in [1.82, 2.24) is 0 Å². The van der Waals surface area contributed by atoms with Crippen LogP contribution in [0.25, 0.3) is 0 Å². The van der Waals surface area contributed by atoms with E-state index in [1.54, 1.807) is 0 Å². The standard InChI is InChI=1S/C7H14O4S/c1-2-3-4-5-6-7-11-12(8,9)10/h2H,1,3-7H2,(H,8,9,10). The molecule has 0 amide bonds. The van der Waals surface area contributed by atoms with Gasteiger partial charge in [-0.1, -0.05) is 12.5 Å². The molecule has 0 rings (SSSR count). The lowest BCUT2D eigenvalue weighted by molar-refractivity contribution is 0.262. The minimum absolute atomic E-state index is 0.0516. The Labute approximate surface area is 73.2 Å². The Bertz CT molecular complexity index is 207. The second kappa shape index (κ2) is 6.16. The summed E-state index contributed by atoms with van der Waals surface area (Å²) in [5.74, 6) is 0. The van der Waals surface area contributed by atoms with E-state index in [9.17, 15) is 8.42 Å². The molecule has 0 atom stereocenters. The zero-order chi connectivity index (χ0) is 9.45. The largest absolute Gasteiger partial charge is 0.397 e. The van der Waals surface area contributed by atoms with Crippen LogP contribution in [0.15, 0.2) is 12.7 Å². The molecule has 0 heterocycles. The van der Waals surface area contributed by atoms with Crippen molar-refractivity contribution in [3.05, 3.63) is 12.7 Å². The third-order valence-corrected chi connectivity index (χ3v) is 1.75. The Morgan fingerprint density at radius 3 is 2.50 bits per heavy atom. The van der Waals surface area contributed by atoms with Crippen molar-refractivity contribution < 1.29 is 17.2 Å². The molecule has 0 saturated heterocycles. The molecular weight excluding hydrogens is 180 g/mol. The summed E-state index contributed by atoms with van der Waals surface area (Å²) in [5, 5.41) is 0. The first-order valence-corrected chi connectivity index (χ1v) is 5.15. The van der Waals surface area contributed by atoms with Gasteiger partial charge in [0.1, 0.15) is 0 Å². The Hall–Kier alpha value is -0.390. The maximum atomic E-state index is 10.0. The van der Waals surface area contributed by atoms with Crippen molar-refractivity contribution in [2.75, 3.05) is 6.61 Å². The number of unbranched alkanes of at least 4 members (excludes halogenated alkanes) is 3. The summed E-state index contributed by atoms with van der Waals surface area (Å²) in [6.45, 7) is 3.60. The van der Waals surface area contributed by atoms with E-state index in [-0.39, 0.29) is 6.61 Å². The van der Waals surface area contributed by atoms with Crippen LogP contribution >= 0.6 is 0 Å². The predicted molar refractivity (Wildman–Crippen MR) is 46.2 cm³/mol. The molecular formula is C7H14O4S. The topological polar surface area (TPSA) is 63.6 Å². The first-order chi connectivity index (χ1) is 5.56. The highest BCUT2D eigenvalue weighted by molar-refractivity contribution is 7.80. The number of hydrogen-bond acceptors (Lipinski definition) is 3. The summed E-state index contributed by atoms with van der Waals surface area (Å²) < 4.78 is 32.3. The van der Waals surface area contributed by atoms with Crippen molar-refractivity contribution in [3.8, 4) is 0 Å². The third kappa shape index (κ3) is 9.61. The van der Waals surface area contributed by atoms with Gasteiger partial charge in [-0.2, -0.15) is 8.42 Å². The predicted octanol–water partition coefficient (Wildman–Crippen LogP) is 1.55. The molecule has 4 nitrogen and oxygen atoms in total. The minimum atomic E-state index is -4.24. The molecule has 72 valence electrons. The van der Waals surface area contributed by atoms with E-state index in [2.05, 4.69) is 10.8 Å². The van der Waals surface area contributed by atoms with Gasteiger partial charge in [-0.15, -0.1) is 6.58 Å². The molecule has 0 bridgehead atoms. The normalized spacial score (nSPS) is 11.4. The second-order valence-corrected chi connectivity index (χ2v) is 3.48.